The summed E-state index contributed by atoms with van der Waals surface area (Å²) in [6.07, 6.45) is 3.31. The minimum atomic E-state index is -0.0555. The topological polar surface area (TPSA) is 71.2 Å². The molecule has 3 rings (SSSR count). The van der Waals surface area contributed by atoms with Crippen LogP contribution in [0.25, 0.3) is 0 Å². The third-order valence-electron chi connectivity index (χ3n) is 3.72. The van der Waals surface area contributed by atoms with Crippen LogP contribution in [0, 0.1) is 0 Å². The monoisotopic (exact) mass is 312 g/mol. The molecule has 7 heteroatoms. The predicted octanol–water partition coefficient (Wildman–Crippen LogP) is 1.95. The van der Waals surface area contributed by atoms with Gasteiger partial charge < -0.3 is 16.0 Å². The molecule has 1 saturated heterocycles. The van der Waals surface area contributed by atoms with Crippen molar-refractivity contribution in [1.82, 2.24) is 9.69 Å². The molecule has 2 aliphatic rings. The van der Waals surface area contributed by atoms with Gasteiger partial charge in [0.1, 0.15) is 10.6 Å². The Morgan fingerprint density at radius 2 is 2.35 bits per heavy atom. The summed E-state index contributed by atoms with van der Waals surface area (Å²) in [4.78, 5) is 14.6. The number of nitrogen functional groups attached to an aromatic ring is 1. The predicted molar refractivity (Wildman–Crippen MR) is 85.8 cm³/mol. The molecule has 110 valence electrons. The lowest BCUT2D eigenvalue weighted by molar-refractivity contribution is 0.0952. The van der Waals surface area contributed by atoms with E-state index in [4.69, 9.17) is 5.73 Å². The molecule has 3 N–H and O–H groups in total. The highest BCUT2D eigenvalue weighted by atomic mass is 32.2. The summed E-state index contributed by atoms with van der Waals surface area (Å²) in [5.74, 6) is 1.41. The van der Waals surface area contributed by atoms with Gasteiger partial charge in [0.25, 0.3) is 5.91 Å². The van der Waals surface area contributed by atoms with Gasteiger partial charge >= 0.3 is 0 Å². The Bertz CT molecular complexity index is 501. The second kappa shape index (κ2) is 5.81. The SMILES string of the molecule is CCC1CN(c2snc(N)c2C(=O)NC2CC2)CCS1. The van der Waals surface area contributed by atoms with E-state index in [0.29, 0.717) is 22.7 Å². The molecule has 1 unspecified atom stereocenters. The zero-order valence-corrected chi connectivity index (χ0v) is 13.2. The molecule has 1 amide bonds. The van der Waals surface area contributed by atoms with Gasteiger partial charge in [0.15, 0.2) is 5.82 Å². The number of hydrogen-bond acceptors (Lipinski definition) is 6. The lowest BCUT2D eigenvalue weighted by atomic mass is 10.2. The highest BCUT2D eigenvalue weighted by Gasteiger charge is 2.30. The molecule has 1 aliphatic heterocycles. The lowest BCUT2D eigenvalue weighted by Gasteiger charge is -2.32. The maximum absolute atomic E-state index is 12.3. The Morgan fingerprint density at radius 1 is 1.55 bits per heavy atom. The van der Waals surface area contributed by atoms with Crippen LogP contribution in [0.5, 0.6) is 0 Å². The first-order valence-corrected chi connectivity index (χ1v) is 8.93. The fourth-order valence-corrected chi connectivity index (χ4v) is 4.38. The molecule has 1 aliphatic carbocycles. The molecule has 20 heavy (non-hydrogen) atoms. The molecule has 1 aromatic heterocycles. The van der Waals surface area contributed by atoms with E-state index in [-0.39, 0.29) is 5.91 Å². The minimum absolute atomic E-state index is 0.0555. The van der Waals surface area contributed by atoms with Crippen molar-refractivity contribution in [3.05, 3.63) is 5.56 Å². The maximum atomic E-state index is 12.3. The lowest BCUT2D eigenvalue weighted by Crippen LogP contribution is -2.38. The number of amides is 1. The van der Waals surface area contributed by atoms with Crippen molar-refractivity contribution in [2.45, 2.75) is 37.5 Å². The molecule has 0 radical (unpaired) electrons. The largest absolute Gasteiger partial charge is 0.382 e. The van der Waals surface area contributed by atoms with E-state index in [2.05, 4.69) is 21.5 Å². The highest BCUT2D eigenvalue weighted by molar-refractivity contribution is 8.00. The van der Waals surface area contributed by atoms with Crippen LogP contribution in [-0.2, 0) is 0 Å². The van der Waals surface area contributed by atoms with Gasteiger partial charge in [0.2, 0.25) is 0 Å². The molecule has 0 bridgehead atoms. The van der Waals surface area contributed by atoms with Crippen LogP contribution in [0.15, 0.2) is 0 Å². The van der Waals surface area contributed by atoms with E-state index in [9.17, 15) is 4.79 Å². The molecule has 2 heterocycles. The number of nitrogens with two attached hydrogens (primary N) is 1. The fraction of sp³-hybridized carbons (Fsp3) is 0.692. The Labute approximate surface area is 127 Å². The second-order valence-corrected chi connectivity index (χ2v) is 7.50. The standard InChI is InChI=1S/C13H20N4OS2/c1-2-9-7-17(5-6-19-9)13-10(11(14)16-20-13)12(18)15-8-3-4-8/h8-9H,2-7H2,1H3,(H2,14,16)(H,15,18). The number of hydrogen-bond donors (Lipinski definition) is 2. The van der Waals surface area contributed by atoms with Crippen LogP contribution in [0.4, 0.5) is 10.8 Å². The Morgan fingerprint density at radius 3 is 3.05 bits per heavy atom. The molecular weight excluding hydrogens is 292 g/mol. The van der Waals surface area contributed by atoms with Gasteiger partial charge in [0, 0.05) is 30.1 Å². The van der Waals surface area contributed by atoms with Crippen molar-refractivity contribution >= 4 is 40.0 Å². The Hall–Kier alpha value is -0.950. The summed E-state index contributed by atoms with van der Waals surface area (Å²) in [5.41, 5.74) is 6.51. The molecule has 0 aromatic carbocycles. The molecule has 1 atom stereocenters. The molecule has 1 aromatic rings. The molecular formula is C13H20N4OS2. The number of nitrogens with zero attached hydrogens (tertiary/aromatic N) is 2. The van der Waals surface area contributed by atoms with Crippen molar-refractivity contribution in [1.29, 1.82) is 0 Å². The summed E-state index contributed by atoms with van der Waals surface area (Å²) in [6, 6.07) is 0.343. The van der Waals surface area contributed by atoms with Crippen LogP contribution in [-0.4, -0.2) is 40.4 Å². The zero-order valence-electron chi connectivity index (χ0n) is 11.6. The van der Waals surface area contributed by atoms with E-state index in [1.807, 2.05) is 11.8 Å². The van der Waals surface area contributed by atoms with Crippen molar-refractivity contribution in [3.8, 4) is 0 Å². The van der Waals surface area contributed by atoms with Crippen LogP contribution >= 0.6 is 23.3 Å². The van der Waals surface area contributed by atoms with Crippen LogP contribution < -0.4 is 16.0 Å². The van der Waals surface area contributed by atoms with Gasteiger partial charge in [-0.3, -0.25) is 4.79 Å². The van der Waals surface area contributed by atoms with Gasteiger partial charge in [0.05, 0.1) is 0 Å². The van der Waals surface area contributed by atoms with Crippen molar-refractivity contribution < 1.29 is 4.79 Å². The number of thioether (sulfide) groups is 1. The van der Waals surface area contributed by atoms with E-state index in [1.54, 1.807) is 0 Å². The third-order valence-corrected chi connectivity index (χ3v) is 6.02. The smallest absolute Gasteiger partial charge is 0.258 e. The molecule has 1 saturated carbocycles. The number of anilines is 2. The molecule has 0 spiro atoms. The quantitative estimate of drug-likeness (QED) is 0.889. The average molecular weight is 312 g/mol. The average Bonchev–Trinajstić information content (AvgIpc) is 3.18. The first-order chi connectivity index (χ1) is 9.69. The van der Waals surface area contributed by atoms with Crippen LogP contribution in [0.2, 0.25) is 0 Å². The summed E-state index contributed by atoms with van der Waals surface area (Å²) < 4.78 is 4.20. The van der Waals surface area contributed by atoms with Gasteiger partial charge in [-0.1, -0.05) is 6.92 Å². The zero-order chi connectivity index (χ0) is 14.1. The number of aromatic nitrogens is 1. The van der Waals surface area contributed by atoms with Gasteiger partial charge in [-0.05, 0) is 30.8 Å². The summed E-state index contributed by atoms with van der Waals surface area (Å²) in [6.45, 7) is 4.15. The second-order valence-electron chi connectivity index (χ2n) is 5.34. The first kappa shape index (κ1) is 14.0. The van der Waals surface area contributed by atoms with Crippen molar-refractivity contribution in [2.75, 3.05) is 29.5 Å². The number of nitrogens with one attached hydrogen (secondary N) is 1. The van der Waals surface area contributed by atoms with Gasteiger partial charge in [-0.25, -0.2) is 0 Å². The normalized spacial score (nSPS) is 22.9. The van der Waals surface area contributed by atoms with E-state index >= 15 is 0 Å². The van der Waals surface area contributed by atoms with Crippen LogP contribution in [0.1, 0.15) is 36.5 Å². The first-order valence-electron chi connectivity index (χ1n) is 7.11. The van der Waals surface area contributed by atoms with Crippen LogP contribution in [0.3, 0.4) is 0 Å². The number of rotatable bonds is 4. The van der Waals surface area contributed by atoms with Crippen molar-refractivity contribution in [3.63, 3.8) is 0 Å². The Balaban J connectivity index is 1.80. The van der Waals surface area contributed by atoms with E-state index in [0.717, 1.165) is 43.1 Å². The van der Waals surface area contributed by atoms with E-state index < -0.39 is 0 Å². The van der Waals surface area contributed by atoms with Gasteiger partial charge in [-0.15, -0.1) is 0 Å². The summed E-state index contributed by atoms with van der Waals surface area (Å²) >= 11 is 3.37. The minimum Gasteiger partial charge on any atom is -0.382 e. The van der Waals surface area contributed by atoms with Gasteiger partial charge in [-0.2, -0.15) is 16.1 Å². The number of carbonyl (C=O) groups is 1. The van der Waals surface area contributed by atoms with E-state index in [1.165, 1.54) is 11.5 Å². The molecule has 5 nitrogen and oxygen atoms in total. The van der Waals surface area contributed by atoms with Crippen molar-refractivity contribution in [2.24, 2.45) is 0 Å². The molecule has 2 fully saturated rings. The summed E-state index contributed by atoms with van der Waals surface area (Å²) in [5, 5.41) is 4.59. The third kappa shape index (κ3) is 2.88. The fourth-order valence-electron chi connectivity index (χ4n) is 2.36. The Kier molecular flexibility index (Phi) is 4.07. The maximum Gasteiger partial charge on any atom is 0.258 e. The number of carbonyl (C=O) groups excluding carboxylic acids is 1. The highest BCUT2D eigenvalue weighted by Crippen LogP contribution is 2.34. The summed E-state index contributed by atoms with van der Waals surface area (Å²) in [7, 11) is 0.